The lowest BCUT2D eigenvalue weighted by Gasteiger charge is -2.20. The number of aromatic nitrogens is 4. The molecule has 2 unspecified atom stereocenters. The van der Waals surface area contributed by atoms with Gasteiger partial charge in [0.05, 0.1) is 36.9 Å². The van der Waals surface area contributed by atoms with Crippen molar-refractivity contribution in [3.05, 3.63) is 48.8 Å². The minimum atomic E-state index is -0.426. The first kappa shape index (κ1) is 16.7. The smallest absolute Gasteiger partial charge is 0.167 e. The Labute approximate surface area is 166 Å². The molecule has 0 amide bonds. The summed E-state index contributed by atoms with van der Waals surface area (Å²) in [4.78, 5) is 11.4. The summed E-state index contributed by atoms with van der Waals surface area (Å²) in [6, 6.07) is 4.98. The number of pyridine rings is 1. The van der Waals surface area contributed by atoms with Gasteiger partial charge in [0, 0.05) is 36.3 Å². The topological polar surface area (TPSA) is 55.6 Å². The normalized spacial score (nSPS) is 23.0. The van der Waals surface area contributed by atoms with E-state index in [1.165, 1.54) is 13.2 Å². The highest BCUT2D eigenvalue weighted by molar-refractivity contribution is 5.98. The summed E-state index contributed by atoms with van der Waals surface area (Å²) < 4.78 is 21.1. The Morgan fingerprint density at radius 3 is 2.72 bits per heavy atom. The fraction of sp³-hybridized carbons (Fsp3) is 0.318. The quantitative estimate of drug-likeness (QED) is 0.534. The molecule has 6 rings (SSSR count). The third kappa shape index (κ3) is 2.43. The zero-order valence-electron chi connectivity index (χ0n) is 16.2. The average molecular weight is 389 g/mol. The van der Waals surface area contributed by atoms with Crippen LogP contribution in [0.5, 0.6) is 5.75 Å². The maximum absolute atomic E-state index is 14.1. The van der Waals surface area contributed by atoms with Gasteiger partial charge in [-0.3, -0.25) is 4.98 Å². The fourth-order valence-electron chi connectivity index (χ4n) is 4.79. The number of methoxy groups -OCH3 is 1. The summed E-state index contributed by atoms with van der Waals surface area (Å²) in [5.41, 5.74) is 4.23. The molecule has 1 aromatic carbocycles. The molecule has 1 aliphatic heterocycles. The lowest BCUT2D eigenvalue weighted by Crippen LogP contribution is -2.24. The molecule has 2 aliphatic rings. The number of fused-ring (bicyclic) bond motifs is 3. The summed E-state index contributed by atoms with van der Waals surface area (Å²) in [5.74, 6) is 2.29. The van der Waals surface area contributed by atoms with Crippen LogP contribution in [-0.2, 0) is 0 Å². The lowest BCUT2D eigenvalue weighted by molar-refractivity contribution is 0.387. The summed E-state index contributed by atoms with van der Waals surface area (Å²) >= 11 is 0. The molecule has 3 aromatic heterocycles. The Bertz CT molecular complexity index is 1260. The summed E-state index contributed by atoms with van der Waals surface area (Å²) in [6.45, 7) is 4.55. The number of benzene rings is 1. The van der Waals surface area contributed by atoms with Crippen LogP contribution in [0.3, 0.4) is 0 Å². The molecule has 146 valence electrons. The third-order valence-corrected chi connectivity index (χ3v) is 6.64. The van der Waals surface area contributed by atoms with Gasteiger partial charge in [0.15, 0.2) is 17.2 Å². The highest BCUT2D eigenvalue weighted by Crippen LogP contribution is 2.52. The van der Waals surface area contributed by atoms with Crippen LogP contribution in [0.4, 0.5) is 10.1 Å². The largest absolute Gasteiger partial charge is 0.494 e. The van der Waals surface area contributed by atoms with E-state index in [4.69, 9.17) is 9.72 Å². The molecule has 0 bridgehead atoms. The summed E-state index contributed by atoms with van der Waals surface area (Å²) in [7, 11) is 1.46. The predicted molar refractivity (Wildman–Crippen MR) is 109 cm³/mol. The molecule has 2 atom stereocenters. The van der Waals surface area contributed by atoms with Gasteiger partial charge in [-0.05, 0) is 35.4 Å². The Balaban J connectivity index is 1.44. The fourth-order valence-corrected chi connectivity index (χ4v) is 4.79. The third-order valence-electron chi connectivity index (χ3n) is 6.64. The molecule has 1 saturated carbocycles. The minimum Gasteiger partial charge on any atom is -0.494 e. The van der Waals surface area contributed by atoms with E-state index in [1.807, 2.05) is 23.0 Å². The van der Waals surface area contributed by atoms with Crippen molar-refractivity contribution in [2.45, 2.75) is 6.92 Å². The van der Waals surface area contributed by atoms with E-state index in [2.05, 4.69) is 21.9 Å². The van der Waals surface area contributed by atoms with Crippen LogP contribution in [0.2, 0.25) is 0 Å². The van der Waals surface area contributed by atoms with E-state index in [1.54, 1.807) is 18.5 Å². The van der Waals surface area contributed by atoms with Gasteiger partial charge in [-0.1, -0.05) is 6.92 Å². The number of nitrogens with zero attached hydrogens (tertiary/aromatic N) is 5. The van der Waals surface area contributed by atoms with Crippen molar-refractivity contribution >= 4 is 22.2 Å². The molecule has 4 aromatic rings. The van der Waals surface area contributed by atoms with E-state index < -0.39 is 5.82 Å². The van der Waals surface area contributed by atoms with E-state index in [0.717, 1.165) is 58.7 Å². The van der Waals surface area contributed by atoms with Crippen molar-refractivity contribution in [3.8, 4) is 16.9 Å². The Kier molecular flexibility index (Phi) is 3.39. The molecule has 1 aliphatic carbocycles. The number of hydrogen-bond acceptors (Lipinski definition) is 5. The maximum Gasteiger partial charge on any atom is 0.167 e. The molecule has 0 N–H and O–H groups in total. The highest BCUT2D eigenvalue weighted by Gasteiger charge is 2.52. The second-order valence-corrected chi connectivity index (χ2v) is 8.09. The minimum absolute atomic E-state index is 0.195. The van der Waals surface area contributed by atoms with Gasteiger partial charge >= 0.3 is 0 Å². The van der Waals surface area contributed by atoms with Crippen molar-refractivity contribution in [1.29, 1.82) is 0 Å². The Morgan fingerprint density at radius 1 is 1.10 bits per heavy atom. The number of rotatable bonds is 3. The second kappa shape index (κ2) is 5.89. The molecule has 7 heteroatoms. The van der Waals surface area contributed by atoms with Gasteiger partial charge < -0.3 is 9.64 Å². The van der Waals surface area contributed by atoms with Gasteiger partial charge in [0.25, 0.3) is 0 Å². The number of piperidine rings is 1. The van der Waals surface area contributed by atoms with Gasteiger partial charge in [-0.2, -0.15) is 5.10 Å². The molecule has 29 heavy (non-hydrogen) atoms. The average Bonchev–Trinajstić information content (AvgIpc) is 3.11. The van der Waals surface area contributed by atoms with Crippen molar-refractivity contribution in [2.24, 2.45) is 17.8 Å². The van der Waals surface area contributed by atoms with E-state index >= 15 is 0 Å². The first-order valence-corrected chi connectivity index (χ1v) is 9.85. The Hall–Kier alpha value is -3.22. The van der Waals surface area contributed by atoms with Crippen LogP contribution in [0.15, 0.2) is 43.0 Å². The van der Waals surface area contributed by atoms with E-state index in [9.17, 15) is 4.39 Å². The zero-order chi connectivity index (χ0) is 19.7. The van der Waals surface area contributed by atoms with Crippen molar-refractivity contribution in [1.82, 2.24) is 19.6 Å². The lowest BCUT2D eigenvalue weighted by atomic mass is 10.0. The highest BCUT2D eigenvalue weighted by atomic mass is 19.1. The SMILES string of the molecule is COc1cc2c(-c3cnn4cc(N5CC6C(C)C6C5)cnc34)ccnc2cc1F. The van der Waals surface area contributed by atoms with Gasteiger partial charge in [0.1, 0.15) is 0 Å². The standard InChI is InChI=1S/C22H20FN5O/c1-12-17-10-27(11-18(12)17)13-7-25-22-16(8-26-28(22)9-13)14-3-4-24-20-6-19(23)21(29-2)5-15(14)20/h3-9,12,17-18H,10-11H2,1-2H3. The number of anilines is 1. The molecule has 2 fully saturated rings. The Morgan fingerprint density at radius 2 is 1.93 bits per heavy atom. The monoisotopic (exact) mass is 389 g/mol. The van der Waals surface area contributed by atoms with Gasteiger partial charge in [-0.25, -0.2) is 13.9 Å². The van der Waals surface area contributed by atoms with Crippen LogP contribution in [0.25, 0.3) is 27.7 Å². The number of hydrogen-bond donors (Lipinski definition) is 0. The van der Waals surface area contributed by atoms with Crippen LogP contribution >= 0.6 is 0 Å². The number of halogens is 1. The molecule has 6 nitrogen and oxygen atoms in total. The van der Waals surface area contributed by atoms with Crippen LogP contribution in [0, 0.1) is 23.6 Å². The van der Waals surface area contributed by atoms with E-state index in [-0.39, 0.29) is 5.75 Å². The van der Waals surface area contributed by atoms with Crippen LogP contribution in [0.1, 0.15) is 6.92 Å². The first-order valence-electron chi connectivity index (χ1n) is 9.85. The molecule has 0 spiro atoms. The first-order chi connectivity index (χ1) is 14.1. The van der Waals surface area contributed by atoms with Gasteiger partial charge in [-0.15, -0.1) is 0 Å². The number of ether oxygens (including phenoxy) is 1. The predicted octanol–water partition coefficient (Wildman–Crippen LogP) is 3.79. The van der Waals surface area contributed by atoms with Crippen molar-refractivity contribution in [3.63, 3.8) is 0 Å². The van der Waals surface area contributed by atoms with Crippen molar-refractivity contribution < 1.29 is 9.13 Å². The summed E-state index contributed by atoms with van der Waals surface area (Å²) in [5, 5.41) is 5.35. The van der Waals surface area contributed by atoms with Crippen molar-refractivity contribution in [2.75, 3.05) is 25.1 Å². The molecular weight excluding hydrogens is 369 g/mol. The van der Waals surface area contributed by atoms with Crippen LogP contribution in [-0.4, -0.2) is 39.8 Å². The van der Waals surface area contributed by atoms with Crippen LogP contribution < -0.4 is 9.64 Å². The summed E-state index contributed by atoms with van der Waals surface area (Å²) in [6.07, 6.45) is 7.46. The zero-order valence-corrected chi connectivity index (χ0v) is 16.2. The van der Waals surface area contributed by atoms with Gasteiger partial charge in [0.2, 0.25) is 0 Å². The molecule has 0 radical (unpaired) electrons. The second-order valence-electron chi connectivity index (χ2n) is 8.09. The molecule has 4 heterocycles. The van der Waals surface area contributed by atoms with E-state index in [0.29, 0.717) is 5.52 Å². The maximum atomic E-state index is 14.1. The molecule has 1 saturated heterocycles. The molecular formula is C22H20FN5O.